The number of rotatable bonds is 5. The number of hydrogen-bond acceptors (Lipinski definition) is 4. The maximum Gasteiger partial charge on any atom is 0.473 e. The van der Waals surface area contributed by atoms with Gasteiger partial charge in [0.1, 0.15) is 0 Å². The summed E-state index contributed by atoms with van der Waals surface area (Å²) in [6, 6.07) is 8.33. The topological polar surface area (TPSA) is 54.7 Å². The summed E-state index contributed by atoms with van der Waals surface area (Å²) in [5, 5.41) is 8.18. The second kappa shape index (κ2) is 6.81. The minimum absolute atomic E-state index is 0.254. The SMILES string of the molecule is CC(=N)C(B1OC(C)(C)C(C)(C)O1)C(C)=NCc1cccc(C)c1. The Balaban J connectivity index is 2.19. The van der Waals surface area contributed by atoms with Crippen molar-refractivity contribution in [3.05, 3.63) is 35.4 Å². The molecule has 1 saturated heterocycles. The van der Waals surface area contributed by atoms with Crippen molar-refractivity contribution in [3.63, 3.8) is 0 Å². The van der Waals surface area contributed by atoms with Gasteiger partial charge in [-0.25, -0.2) is 0 Å². The highest BCUT2D eigenvalue weighted by Crippen LogP contribution is 2.40. The fourth-order valence-electron chi connectivity index (χ4n) is 2.86. The molecule has 0 aliphatic carbocycles. The molecule has 4 nitrogen and oxygen atoms in total. The number of benzene rings is 1. The van der Waals surface area contributed by atoms with Gasteiger partial charge in [-0.15, -0.1) is 0 Å². The molecule has 1 atom stereocenters. The van der Waals surface area contributed by atoms with Crippen molar-refractivity contribution in [2.45, 2.75) is 72.0 Å². The average Bonchev–Trinajstić information content (AvgIpc) is 2.64. The first-order valence-corrected chi connectivity index (χ1v) is 8.51. The molecular formula is C19H29BN2O2. The molecule has 1 aliphatic heterocycles. The zero-order valence-corrected chi connectivity index (χ0v) is 15.9. The van der Waals surface area contributed by atoms with E-state index in [1.807, 2.05) is 40.7 Å². The third-order valence-corrected chi connectivity index (χ3v) is 5.05. The molecule has 0 bridgehead atoms. The smallest absolute Gasteiger partial charge is 0.403 e. The molecule has 1 fully saturated rings. The Morgan fingerprint density at radius 1 is 1.17 bits per heavy atom. The van der Waals surface area contributed by atoms with Crippen molar-refractivity contribution in [3.8, 4) is 0 Å². The second-order valence-electron chi connectivity index (χ2n) is 7.73. The molecule has 1 unspecified atom stereocenters. The third kappa shape index (κ3) is 3.96. The highest BCUT2D eigenvalue weighted by atomic mass is 16.7. The summed E-state index contributed by atoms with van der Waals surface area (Å²) >= 11 is 0. The third-order valence-electron chi connectivity index (χ3n) is 5.05. The van der Waals surface area contributed by atoms with Crippen molar-refractivity contribution in [2.24, 2.45) is 4.99 Å². The van der Waals surface area contributed by atoms with Gasteiger partial charge in [0, 0.05) is 11.4 Å². The molecule has 2 rings (SSSR count). The van der Waals surface area contributed by atoms with E-state index in [9.17, 15) is 0 Å². The van der Waals surface area contributed by atoms with E-state index >= 15 is 0 Å². The first kappa shape index (κ1) is 18.9. The van der Waals surface area contributed by atoms with E-state index in [2.05, 4.69) is 25.1 Å². The number of aliphatic imine (C=N–C) groups is 1. The molecule has 1 heterocycles. The van der Waals surface area contributed by atoms with Crippen molar-refractivity contribution in [2.75, 3.05) is 0 Å². The van der Waals surface area contributed by atoms with E-state index in [4.69, 9.17) is 19.7 Å². The molecule has 1 aromatic rings. The van der Waals surface area contributed by atoms with Crippen LogP contribution in [0, 0.1) is 12.3 Å². The lowest BCUT2D eigenvalue weighted by Crippen LogP contribution is -2.41. The van der Waals surface area contributed by atoms with Crippen LogP contribution in [-0.4, -0.2) is 29.7 Å². The van der Waals surface area contributed by atoms with Crippen LogP contribution >= 0.6 is 0 Å². The standard InChI is InChI=1S/C19H29BN2O2/c1-13-9-8-10-16(11-13)12-22-15(3)17(14(2)21)20-23-18(4,5)19(6,7)24-20/h8-11,17,21H,12H2,1-7H3. The molecule has 0 spiro atoms. The Morgan fingerprint density at radius 3 is 2.25 bits per heavy atom. The minimum atomic E-state index is -0.464. The fourth-order valence-corrected chi connectivity index (χ4v) is 2.86. The van der Waals surface area contributed by atoms with E-state index in [-0.39, 0.29) is 5.82 Å². The summed E-state index contributed by atoms with van der Waals surface area (Å²) in [6.07, 6.45) is 0. The van der Waals surface area contributed by atoms with Gasteiger partial charge in [-0.2, -0.15) is 0 Å². The van der Waals surface area contributed by atoms with E-state index in [0.29, 0.717) is 12.3 Å². The second-order valence-corrected chi connectivity index (χ2v) is 7.73. The summed E-state index contributed by atoms with van der Waals surface area (Å²) in [7, 11) is -0.464. The van der Waals surface area contributed by atoms with Crippen LogP contribution in [0.4, 0.5) is 0 Å². The molecule has 0 radical (unpaired) electrons. The van der Waals surface area contributed by atoms with Gasteiger partial charge in [-0.1, -0.05) is 29.8 Å². The van der Waals surface area contributed by atoms with Gasteiger partial charge >= 0.3 is 7.12 Å². The largest absolute Gasteiger partial charge is 0.473 e. The lowest BCUT2D eigenvalue weighted by molar-refractivity contribution is 0.00578. The summed E-state index contributed by atoms with van der Waals surface area (Å²) < 4.78 is 12.3. The molecule has 24 heavy (non-hydrogen) atoms. The lowest BCUT2D eigenvalue weighted by atomic mass is 9.67. The van der Waals surface area contributed by atoms with E-state index < -0.39 is 18.3 Å². The van der Waals surface area contributed by atoms with Gasteiger partial charge in [0.2, 0.25) is 0 Å². The Bertz CT molecular complexity index is 637. The van der Waals surface area contributed by atoms with Crippen LogP contribution in [0.2, 0.25) is 5.82 Å². The van der Waals surface area contributed by atoms with Crippen molar-refractivity contribution >= 4 is 18.5 Å². The van der Waals surface area contributed by atoms with Crippen molar-refractivity contribution in [1.82, 2.24) is 0 Å². The Hall–Kier alpha value is -1.46. The van der Waals surface area contributed by atoms with Gasteiger partial charge in [0.05, 0.1) is 23.6 Å². The number of hydrogen-bond donors (Lipinski definition) is 1. The molecule has 0 amide bonds. The van der Waals surface area contributed by atoms with Gasteiger partial charge in [0.15, 0.2) is 0 Å². The van der Waals surface area contributed by atoms with Crippen LogP contribution in [0.5, 0.6) is 0 Å². The fraction of sp³-hybridized carbons (Fsp3) is 0.579. The van der Waals surface area contributed by atoms with Crippen LogP contribution in [0.1, 0.15) is 52.7 Å². The minimum Gasteiger partial charge on any atom is -0.403 e. The Morgan fingerprint density at radius 2 is 1.75 bits per heavy atom. The highest BCUT2D eigenvalue weighted by molar-refractivity contribution is 6.59. The zero-order valence-electron chi connectivity index (χ0n) is 15.9. The molecular weight excluding hydrogens is 299 g/mol. The van der Waals surface area contributed by atoms with Crippen LogP contribution < -0.4 is 0 Å². The quantitative estimate of drug-likeness (QED) is 0.641. The van der Waals surface area contributed by atoms with Crippen molar-refractivity contribution in [1.29, 1.82) is 5.41 Å². The molecule has 1 aromatic carbocycles. The molecule has 1 aliphatic rings. The lowest BCUT2D eigenvalue weighted by Gasteiger charge is -2.32. The summed E-state index contributed by atoms with van der Waals surface area (Å²) in [6.45, 7) is 14.6. The maximum atomic E-state index is 8.18. The summed E-state index contributed by atoms with van der Waals surface area (Å²) in [4.78, 5) is 4.71. The maximum absolute atomic E-state index is 8.18. The predicted octanol–water partition coefficient (Wildman–Crippen LogP) is 4.46. The average molecular weight is 328 g/mol. The summed E-state index contributed by atoms with van der Waals surface area (Å²) in [5.74, 6) is -0.254. The highest BCUT2D eigenvalue weighted by Gasteiger charge is 2.54. The first-order valence-electron chi connectivity index (χ1n) is 8.51. The van der Waals surface area contributed by atoms with Gasteiger partial charge in [-0.05, 0) is 54.0 Å². The van der Waals surface area contributed by atoms with Crippen LogP contribution in [-0.2, 0) is 15.9 Å². The van der Waals surface area contributed by atoms with E-state index in [1.165, 1.54) is 11.1 Å². The van der Waals surface area contributed by atoms with Crippen LogP contribution in [0.15, 0.2) is 29.3 Å². The summed E-state index contributed by atoms with van der Waals surface area (Å²) in [5.41, 5.74) is 2.99. The van der Waals surface area contributed by atoms with Gasteiger partial charge < -0.3 is 14.7 Å². The van der Waals surface area contributed by atoms with Gasteiger partial charge in [-0.3, -0.25) is 4.99 Å². The normalized spacial score (nSPS) is 21.0. The Kier molecular flexibility index (Phi) is 5.36. The zero-order chi connectivity index (χ0) is 18.1. The first-order chi connectivity index (χ1) is 11.0. The van der Waals surface area contributed by atoms with Gasteiger partial charge in [0.25, 0.3) is 0 Å². The molecule has 5 heteroatoms. The monoisotopic (exact) mass is 328 g/mol. The number of nitrogens with zero attached hydrogens (tertiary/aromatic N) is 1. The van der Waals surface area contributed by atoms with Crippen molar-refractivity contribution < 1.29 is 9.31 Å². The number of nitrogens with one attached hydrogen (secondary N) is 1. The molecule has 0 saturated carbocycles. The van der Waals surface area contributed by atoms with E-state index in [1.54, 1.807) is 6.92 Å². The van der Waals surface area contributed by atoms with Crippen LogP contribution in [0.25, 0.3) is 0 Å². The molecule has 1 N–H and O–H groups in total. The van der Waals surface area contributed by atoms with Crippen LogP contribution in [0.3, 0.4) is 0 Å². The molecule has 0 aromatic heterocycles. The van der Waals surface area contributed by atoms with E-state index in [0.717, 1.165) is 5.71 Å². The Labute approximate surface area is 146 Å². The molecule has 130 valence electrons. The number of aryl methyl sites for hydroxylation is 1. The predicted molar refractivity (Wildman–Crippen MR) is 101 cm³/mol.